The van der Waals surface area contributed by atoms with E-state index in [0.717, 1.165) is 18.4 Å². The van der Waals surface area contributed by atoms with E-state index in [4.69, 9.17) is 17.3 Å². The lowest BCUT2D eigenvalue weighted by atomic mass is 9.84. The van der Waals surface area contributed by atoms with Crippen LogP contribution < -0.4 is 5.73 Å². The third-order valence-electron chi connectivity index (χ3n) is 6.48. The Morgan fingerprint density at radius 2 is 1.62 bits per heavy atom. The minimum atomic E-state index is 0.00469. The van der Waals surface area contributed by atoms with Crippen LogP contribution in [0.15, 0.2) is 24.3 Å². The molecule has 3 aliphatic rings. The number of nitrogens with two attached hydrogens (primary N) is 1. The SMILES string of the molecule is NC1C2CCC(C2)C1C(=O)N1CCN(C(=O)Cc2ccc(Cl)cc2)CC1. The van der Waals surface area contributed by atoms with Crippen molar-refractivity contribution in [1.82, 2.24) is 9.80 Å². The zero-order chi connectivity index (χ0) is 18.3. The summed E-state index contributed by atoms with van der Waals surface area (Å²) in [6.07, 6.45) is 3.83. The number of fused-ring (bicyclic) bond motifs is 2. The van der Waals surface area contributed by atoms with Crippen LogP contribution in [0.4, 0.5) is 0 Å². The van der Waals surface area contributed by atoms with Crippen molar-refractivity contribution >= 4 is 23.4 Å². The first-order chi connectivity index (χ1) is 12.5. The van der Waals surface area contributed by atoms with Crippen molar-refractivity contribution in [2.24, 2.45) is 23.5 Å². The summed E-state index contributed by atoms with van der Waals surface area (Å²) >= 11 is 5.89. The number of hydrogen-bond acceptors (Lipinski definition) is 3. The van der Waals surface area contributed by atoms with Crippen molar-refractivity contribution in [3.8, 4) is 0 Å². The van der Waals surface area contributed by atoms with Gasteiger partial charge in [0.15, 0.2) is 0 Å². The van der Waals surface area contributed by atoms with E-state index in [-0.39, 0.29) is 23.8 Å². The first-order valence-electron chi connectivity index (χ1n) is 9.59. The normalized spacial score (nSPS) is 30.7. The average molecular weight is 376 g/mol. The van der Waals surface area contributed by atoms with Gasteiger partial charge in [0.2, 0.25) is 11.8 Å². The lowest BCUT2D eigenvalue weighted by Crippen LogP contribution is -2.55. The molecule has 0 aromatic heterocycles. The molecule has 1 aromatic rings. The summed E-state index contributed by atoms with van der Waals surface area (Å²) in [5.74, 6) is 1.35. The van der Waals surface area contributed by atoms with Crippen molar-refractivity contribution in [2.75, 3.05) is 26.2 Å². The van der Waals surface area contributed by atoms with Gasteiger partial charge in [-0.2, -0.15) is 0 Å². The van der Waals surface area contributed by atoms with Gasteiger partial charge < -0.3 is 15.5 Å². The van der Waals surface area contributed by atoms with Crippen LogP contribution in [-0.2, 0) is 16.0 Å². The smallest absolute Gasteiger partial charge is 0.227 e. The second kappa shape index (κ2) is 7.20. The van der Waals surface area contributed by atoms with E-state index in [9.17, 15) is 9.59 Å². The molecule has 3 fully saturated rings. The largest absolute Gasteiger partial charge is 0.339 e. The summed E-state index contributed by atoms with van der Waals surface area (Å²) < 4.78 is 0. The number of nitrogens with zero attached hydrogens (tertiary/aromatic N) is 2. The predicted octanol–water partition coefficient (Wildman–Crippen LogP) is 1.93. The highest BCUT2D eigenvalue weighted by Gasteiger charge is 2.50. The molecule has 26 heavy (non-hydrogen) atoms. The van der Waals surface area contributed by atoms with E-state index in [1.54, 1.807) is 12.1 Å². The first-order valence-corrected chi connectivity index (χ1v) is 9.97. The molecule has 1 aliphatic heterocycles. The maximum absolute atomic E-state index is 12.9. The molecule has 2 bridgehead atoms. The van der Waals surface area contributed by atoms with Crippen LogP contribution in [0.3, 0.4) is 0 Å². The van der Waals surface area contributed by atoms with Crippen LogP contribution in [0.25, 0.3) is 0 Å². The number of benzene rings is 1. The quantitative estimate of drug-likeness (QED) is 0.877. The number of carbonyl (C=O) groups excluding carboxylic acids is 2. The molecule has 4 unspecified atom stereocenters. The minimum Gasteiger partial charge on any atom is -0.339 e. The number of amides is 2. The van der Waals surface area contributed by atoms with Gasteiger partial charge in [-0.3, -0.25) is 9.59 Å². The van der Waals surface area contributed by atoms with Gasteiger partial charge in [-0.15, -0.1) is 0 Å². The number of hydrogen-bond donors (Lipinski definition) is 1. The first kappa shape index (κ1) is 17.8. The Morgan fingerprint density at radius 1 is 1.00 bits per heavy atom. The van der Waals surface area contributed by atoms with Crippen LogP contribution in [0.2, 0.25) is 5.02 Å². The van der Waals surface area contributed by atoms with E-state index >= 15 is 0 Å². The maximum Gasteiger partial charge on any atom is 0.227 e. The van der Waals surface area contributed by atoms with Crippen LogP contribution in [-0.4, -0.2) is 53.8 Å². The Hall–Kier alpha value is -1.59. The van der Waals surface area contributed by atoms with Gasteiger partial charge in [-0.1, -0.05) is 23.7 Å². The highest BCUT2D eigenvalue weighted by molar-refractivity contribution is 6.30. The minimum absolute atomic E-state index is 0.00469. The van der Waals surface area contributed by atoms with Gasteiger partial charge in [0.1, 0.15) is 0 Å². The summed E-state index contributed by atoms with van der Waals surface area (Å²) in [5.41, 5.74) is 7.29. The molecule has 5 nitrogen and oxygen atoms in total. The van der Waals surface area contributed by atoms with E-state index in [1.807, 2.05) is 21.9 Å². The number of piperazine rings is 1. The number of carbonyl (C=O) groups is 2. The monoisotopic (exact) mass is 375 g/mol. The zero-order valence-electron chi connectivity index (χ0n) is 14.9. The Bertz CT molecular complexity index is 683. The Morgan fingerprint density at radius 3 is 2.23 bits per heavy atom. The molecular weight excluding hydrogens is 350 g/mol. The van der Waals surface area contributed by atoms with Gasteiger partial charge in [0.05, 0.1) is 12.3 Å². The summed E-state index contributed by atoms with van der Waals surface area (Å²) in [6, 6.07) is 7.41. The lowest BCUT2D eigenvalue weighted by molar-refractivity contribution is -0.143. The molecule has 2 saturated carbocycles. The predicted molar refractivity (Wildman–Crippen MR) is 101 cm³/mol. The summed E-state index contributed by atoms with van der Waals surface area (Å²) in [4.78, 5) is 29.2. The fraction of sp³-hybridized carbons (Fsp3) is 0.600. The molecule has 1 heterocycles. The van der Waals surface area contributed by atoms with Crippen molar-refractivity contribution in [3.63, 3.8) is 0 Å². The second-order valence-corrected chi connectivity index (χ2v) is 8.38. The van der Waals surface area contributed by atoms with Crippen LogP contribution in [0.1, 0.15) is 24.8 Å². The Labute approximate surface area is 159 Å². The standard InChI is InChI=1S/C20H26ClN3O2/c21-16-5-1-13(2-6-16)11-17(25)23-7-9-24(10-8-23)20(26)18-14-3-4-15(12-14)19(18)22/h1-2,5-6,14-15,18-19H,3-4,7-12,22H2. The Kier molecular flexibility index (Phi) is 4.93. The molecular formula is C20H26ClN3O2. The fourth-order valence-electron chi connectivity index (χ4n) is 4.98. The average Bonchev–Trinajstić information content (AvgIpc) is 3.24. The molecule has 140 valence electrons. The molecule has 0 radical (unpaired) electrons. The number of rotatable bonds is 3. The fourth-order valence-corrected chi connectivity index (χ4v) is 5.10. The molecule has 2 N–H and O–H groups in total. The summed E-state index contributed by atoms with van der Waals surface area (Å²) in [6.45, 7) is 2.44. The van der Waals surface area contributed by atoms with Crippen LogP contribution in [0, 0.1) is 17.8 Å². The molecule has 1 saturated heterocycles. The maximum atomic E-state index is 12.9. The molecule has 6 heteroatoms. The Balaban J connectivity index is 1.30. The van der Waals surface area contributed by atoms with Crippen molar-refractivity contribution in [1.29, 1.82) is 0 Å². The zero-order valence-corrected chi connectivity index (χ0v) is 15.7. The van der Waals surface area contributed by atoms with E-state index in [0.29, 0.717) is 49.5 Å². The van der Waals surface area contributed by atoms with Crippen LogP contribution in [0.5, 0.6) is 0 Å². The van der Waals surface area contributed by atoms with Gasteiger partial charge >= 0.3 is 0 Å². The molecule has 2 amide bonds. The van der Waals surface area contributed by atoms with Gasteiger partial charge in [-0.25, -0.2) is 0 Å². The van der Waals surface area contributed by atoms with Crippen LogP contribution >= 0.6 is 11.6 Å². The molecule has 4 atom stereocenters. The lowest BCUT2D eigenvalue weighted by Gasteiger charge is -2.38. The molecule has 1 aromatic carbocycles. The summed E-state index contributed by atoms with van der Waals surface area (Å²) in [7, 11) is 0. The number of halogens is 1. The van der Waals surface area contributed by atoms with Crippen molar-refractivity contribution in [3.05, 3.63) is 34.9 Å². The highest BCUT2D eigenvalue weighted by Crippen LogP contribution is 2.48. The van der Waals surface area contributed by atoms with Gasteiger partial charge in [-0.05, 0) is 48.8 Å². The second-order valence-electron chi connectivity index (χ2n) is 7.95. The van der Waals surface area contributed by atoms with E-state index in [2.05, 4.69) is 0 Å². The van der Waals surface area contributed by atoms with Crippen molar-refractivity contribution in [2.45, 2.75) is 31.7 Å². The van der Waals surface area contributed by atoms with Gasteiger partial charge in [0.25, 0.3) is 0 Å². The third-order valence-corrected chi connectivity index (χ3v) is 6.73. The summed E-state index contributed by atoms with van der Waals surface area (Å²) in [5, 5.41) is 0.673. The molecule has 0 spiro atoms. The highest BCUT2D eigenvalue weighted by atomic mass is 35.5. The molecule has 2 aliphatic carbocycles. The third kappa shape index (κ3) is 3.35. The van der Waals surface area contributed by atoms with Gasteiger partial charge in [0, 0.05) is 37.2 Å². The molecule has 4 rings (SSSR count). The topological polar surface area (TPSA) is 66.6 Å². The van der Waals surface area contributed by atoms with E-state index < -0.39 is 0 Å². The van der Waals surface area contributed by atoms with E-state index in [1.165, 1.54) is 6.42 Å². The van der Waals surface area contributed by atoms with Crippen molar-refractivity contribution < 1.29 is 9.59 Å².